The Hall–Kier alpha value is 0.510. The number of amides is 1. The van der Waals surface area contributed by atoms with E-state index in [4.69, 9.17) is 0 Å². The van der Waals surface area contributed by atoms with Crippen molar-refractivity contribution in [2.75, 3.05) is 5.75 Å². The van der Waals surface area contributed by atoms with Gasteiger partial charge in [0.2, 0.25) is 5.91 Å². The van der Waals surface area contributed by atoms with E-state index in [1.165, 1.54) is 6.92 Å². The predicted octanol–water partition coefficient (Wildman–Crippen LogP) is -2.08. The van der Waals surface area contributed by atoms with Crippen molar-refractivity contribution in [3.63, 3.8) is 0 Å². The number of hydrogen-bond acceptors (Lipinski definition) is 5. The Kier molecular flexibility index (Phi) is 10.2. The molecule has 7 heteroatoms. The van der Waals surface area contributed by atoms with Crippen molar-refractivity contribution >= 4 is 62.2 Å². The van der Waals surface area contributed by atoms with Gasteiger partial charge in [-0.15, -0.1) is 0 Å². The summed E-state index contributed by atoms with van der Waals surface area (Å²) in [5.41, 5.74) is 0. The fourth-order valence-corrected chi connectivity index (χ4v) is 0.747. The van der Waals surface area contributed by atoms with Gasteiger partial charge in [-0.25, -0.2) is 4.79 Å². The minimum absolute atomic E-state index is 0. The summed E-state index contributed by atoms with van der Waals surface area (Å²) in [6, 6.07) is -0.763. The van der Waals surface area contributed by atoms with Crippen molar-refractivity contribution in [3.8, 4) is 0 Å². The zero-order valence-corrected chi connectivity index (χ0v) is 6.93. The summed E-state index contributed by atoms with van der Waals surface area (Å²) in [5.74, 6) is 3.73. The van der Waals surface area contributed by atoms with E-state index >= 15 is 0 Å². The second-order valence-electron chi connectivity index (χ2n) is 1.87. The van der Waals surface area contributed by atoms with Crippen molar-refractivity contribution in [1.29, 1.82) is 0 Å². The first-order chi connectivity index (χ1) is 5.11. The average Bonchev–Trinajstić information content (AvgIpc) is 1.98. The molecule has 0 aromatic carbocycles. The van der Waals surface area contributed by atoms with Gasteiger partial charge in [-0.2, -0.15) is 18.5 Å². The fourth-order valence-electron chi connectivity index (χ4n) is 0.507. The molecule has 0 saturated heterocycles. The molecule has 0 heterocycles. The summed E-state index contributed by atoms with van der Waals surface area (Å²) in [6.45, 7) is 1.29. The van der Waals surface area contributed by atoms with Crippen LogP contribution in [-0.4, -0.2) is 61.4 Å². The maximum absolute atomic E-state index is 10.7. The number of hydrogen-bond donors (Lipinski definition) is 3. The average molecular weight is 220 g/mol. The molecule has 5 nitrogen and oxygen atoms in total. The standard InChI is InChI=1S/C5H10N2O3S.Ca.2H/c1-3(8)7-4(2-11)5(9)10-6;;;/h4,11H,2,6H2,1H3,(H,7,8);;;/t4-;;;/m0.../s1. The zero-order chi connectivity index (χ0) is 8.85. The van der Waals surface area contributed by atoms with Crippen LogP contribution >= 0.6 is 12.6 Å². The van der Waals surface area contributed by atoms with E-state index in [0.29, 0.717) is 0 Å². The van der Waals surface area contributed by atoms with E-state index in [-0.39, 0.29) is 49.4 Å². The Morgan fingerprint density at radius 2 is 2.17 bits per heavy atom. The molecule has 0 spiro atoms. The molecular formula is C5H12CaN2O3S. The Bertz CT molecular complexity index is 167. The Morgan fingerprint density at radius 1 is 1.67 bits per heavy atom. The van der Waals surface area contributed by atoms with Crippen LogP contribution in [0.2, 0.25) is 0 Å². The van der Waals surface area contributed by atoms with Gasteiger partial charge in [0.05, 0.1) is 0 Å². The number of nitrogens with one attached hydrogen (secondary N) is 1. The molecule has 0 bridgehead atoms. The number of thiol groups is 1. The Morgan fingerprint density at radius 3 is 2.42 bits per heavy atom. The van der Waals surface area contributed by atoms with E-state index in [9.17, 15) is 9.59 Å². The SMILES string of the molecule is CC(=O)N[C@@H](CS)C(=O)ON.[CaH2]. The molecule has 1 amide bonds. The number of carbonyl (C=O) groups excluding carboxylic acids is 2. The van der Waals surface area contributed by atoms with Crippen LogP contribution in [0.1, 0.15) is 6.92 Å². The molecule has 0 radical (unpaired) electrons. The van der Waals surface area contributed by atoms with E-state index < -0.39 is 12.0 Å². The molecule has 0 aromatic rings. The summed E-state index contributed by atoms with van der Waals surface area (Å²) in [4.78, 5) is 25.0. The Balaban J connectivity index is 0. The van der Waals surface area contributed by atoms with E-state index in [1.54, 1.807) is 0 Å². The van der Waals surface area contributed by atoms with Crippen LogP contribution in [0.4, 0.5) is 0 Å². The number of carbonyl (C=O) groups is 2. The normalized spacial score (nSPS) is 10.9. The Labute approximate surface area is 106 Å². The molecule has 0 fully saturated rings. The van der Waals surface area contributed by atoms with Crippen LogP contribution in [0.15, 0.2) is 0 Å². The monoisotopic (exact) mass is 220 g/mol. The predicted molar refractivity (Wildman–Crippen MR) is 50.3 cm³/mol. The van der Waals surface area contributed by atoms with E-state index in [2.05, 4.69) is 28.7 Å². The molecular weight excluding hydrogens is 208 g/mol. The molecule has 3 N–H and O–H groups in total. The molecule has 1 atom stereocenters. The second kappa shape index (κ2) is 8.12. The van der Waals surface area contributed by atoms with Gasteiger partial charge in [0.15, 0.2) is 0 Å². The van der Waals surface area contributed by atoms with Gasteiger partial charge in [-0.3, -0.25) is 4.79 Å². The third-order valence-corrected chi connectivity index (χ3v) is 1.33. The van der Waals surface area contributed by atoms with Crippen LogP contribution in [0.3, 0.4) is 0 Å². The van der Waals surface area contributed by atoms with Gasteiger partial charge >= 0.3 is 43.7 Å². The topological polar surface area (TPSA) is 81.4 Å². The zero-order valence-electron chi connectivity index (χ0n) is 6.03. The van der Waals surface area contributed by atoms with Crippen LogP contribution in [-0.2, 0) is 14.4 Å². The van der Waals surface area contributed by atoms with Gasteiger partial charge in [0.25, 0.3) is 0 Å². The molecule has 0 aliphatic heterocycles. The van der Waals surface area contributed by atoms with Gasteiger partial charge in [-0.1, -0.05) is 0 Å². The first-order valence-electron chi connectivity index (χ1n) is 2.90. The number of nitrogens with two attached hydrogens (primary N) is 1. The summed E-state index contributed by atoms with van der Waals surface area (Å²) < 4.78 is 0. The van der Waals surface area contributed by atoms with Crippen LogP contribution in [0.25, 0.3) is 0 Å². The summed E-state index contributed by atoms with van der Waals surface area (Å²) in [5, 5.41) is 2.31. The van der Waals surface area contributed by atoms with Crippen LogP contribution in [0.5, 0.6) is 0 Å². The van der Waals surface area contributed by atoms with Crippen molar-refractivity contribution in [1.82, 2.24) is 5.32 Å². The van der Waals surface area contributed by atoms with Crippen molar-refractivity contribution in [3.05, 3.63) is 0 Å². The quantitative estimate of drug-likeness (QED) is 0.290. The number of rotatable bonds is 3. The molecule has 0 rings (SSSR count). The molecule has 12 heavy (non-hydrogen) atoms. The first kappa shape index (κ1) is 15.0. The molecule has 68 valence electrons. The molecule has 0 aromatic heterocycles. The third-order valence-electron chi connectivity index (χ3n) is 0.961. The maximum atomic E-state index is 10.7. The summed E-state index contributed by atoms with van der Waals surface area (Å²) in [6.07, 6.45) is 0. The summed E-state index contributed by atoms with van der Waals surface area (Å²) in [7, 11) is 0. The minimum atomic E-state index is -0.763. The van der Waals surface area contributed by atoms with Crippen molar-refractivity contribution in [2.24, 2.45) is 5.90 Å². The van der Waals surface area contributed by atoms with Gasteiger partial charge in [0, 0.05) is 12.7 Å². The second-order valence-corrected chi connectivity index (χ2v) is 2.24. The van der Waals surface area contributed by atoms with Gasteiger partial charge in [-0.05, 0) is 0 Å². The molecule has 0 unspecified atom stereocenters. The van der Waals surface area contributed by atoms with Crippen LogP contribution < -0.4 is 11.2 Å². The third kappa shape index (κ3) is 6.07. The first-order valence-corrected chi connectivity index (χ1v) is 3.53. The van der Waals surface area contributed by atoms with Crippen molar-refractivity contribution < 1.29 is 14.4 Å². The van der Waals surface area contributed by atoms with E-state index in [0.717, 1.165) is 0 Å². The fraction of sp³-hybridized carbons (Fsp3) is 0.600. The van der Waals surface area contributed by atoms with Gasteiger partial charge < -0.3 is 10.2 Å². The molecule has 0 aliphatic carbocycles. The molecule has 0 saturated carbocycles. The van der Waals surface area contributed by atoms with E-state index in [1.807, 2.05) is 0 Å². The van der Waals surface area contributed by atoms with Crippen LogP contribution in [0, 0.1) is 0 Å². The van der Waals surface area contributed by atoms with Crippen molar-refractivity contribution in [2.45, 2.75) is 13.0 Å². The molecule has 0 aliphatic rings. The van der Waals surface area contributed by atoms with Gasteiger partial charge in [0.1, 0.15) is 6.04 Å². The summed E-state index contributed by atoms with van der Waals surface area (Å²) >= 11 is 3.81.